The van der Waals surface area contributed by atoms with Crippen molar-refractivity contribution in [3.63, 3.8) is 0 Å². The number of hydrogen-bond donors (Lipinski definition) is 2. The average molecular weight is 332 g/mol. The smallest absolute Gasteiger partial charge is 0.325 e. The van der Waals surface area contributed by atoms with E-state index in [1.807, 2.05) is 12.1 Å². The Morgan fingerprint density at radius 3 is 2.71 bits per heavy atom. The Morgan fingerprint density at radius 1 is 1.38 bits per heavy atom. The molecule has 1 aliphatic rings. The highest BCUT2D eigenvalue weighted by Gasteiger charge is 2.43. The molecule has 0 spiro atoms. The lowest BCUT2D eigenvalue weighted by Crippen LogP contribution is -2.40. The van der Waals surface area contributed by atoms with Gasteiger partial charge in [0.1, 0.15) is 11.3 Å². The third-order valence-electron chi connectivity index (χ3n) is 3.54. The molecule has 1 fully saturated rings. The predicted octanol–water partition coefficient (Wildman–Crippen LogP) is 0.866. The largest absolute Gasteiger partial charge is 0.496 e. The van der Waals surface area contributed by atoms with Crippen molar-refractivity contribution in [2.24, 2.45) is 5.10 Å². The van der Waals surface area contributed by atoms with Crippen LogP contribution in [0.3, 0.4) is 0 Å². The van der Waals surface area contributed by atoms with Crippen LogP contribution in [-0.2, 0) is 9.59 Å². The van der Waals surface area contributed by atoms with Gasteiger partial charge in [0.05, 0.1) is 13.3 Å². The summed E-state index contributed by atoms with van der Waals surface area (Å²) in [6.07, 6.45) is 1.44. The molecule has 0 bridgehead atoms. The minimum Gasteiger partial charge on any atom is -0.496 e. The normalized spacial score (nSPS) is 16.4. The van der Waals surface area contributed by atoms with Crippen LogP contribution in [0.4, 0.5) is 4.79 Å². The van der Waals surface area contributed by atoms with Crippen molar-refractivity contribution < 1.29 is 19.1 Å². The summed E-state index contributed by atoms with van der Waals surface area (Å²) in [5.41, 5.74) is 2.15. The van der Waals surface area contributed by atoms with E-state index in [4.69, 9.17) is 4.74 Å². The van der Waals surface area contributed by atoms with Crippen LogP contribution in [0.5, 0.6) is 5.75 Å². The van der Waals surface area contributed by atoms with E-state index in [9.17, 15) is 14.4 Å². The van der Waals surface area contributed by atoms with Gasteiger partial charge in [0.15, 0.2) is 0 Å². The summed E-state index contributed by atoms with van der Waals surface area (Å²) >= 11 is 0. The summed E-state index contributed by atoms with van der Waals surface area (Å²) in [5.74, 6) is -0.110. The lowest BCUT2D eigenvalue weighted by Gasteiger charge is -2.15. The van der Waals surface area contributed by atoms with Gasteiger partial charge in [-0.05, 0) is 26.0 Å². The lowest BCUT2D eigenvalue weighted by atomic mass is 10.1. The van der Waals surface area contributed by atoms with Gasteiger partial charge in [-0.1, -0.05) is 12.1 Å². The van der Waals surface area contributed by atoms with Crippen LogP contribution in [0, 0.1) is 0 Å². The van der Waals surface area contributed by atoms with Crippen LogP contribution < -0.4 is 15.5 Å². The molecule has 0 unspecified atom stereocenters. The van der Waals surface area contributed by atoms with Crippen LogP contribution in [0.25, 0.3) is 0 Å². The SMILES string of the molecule is COc1ccccc1/C=N\NC(=O)CCN1C(=O)NC(C)(C)C1=O. The maximum atomic E-state index is 12.0. The molecule has 1 heterocycles. The molecule has 24 heavy (non-hydrogen) atoms. The predicted molar refractivity (Wildman–Crippen MR) is 87.7 cm³/mol. The molecule has 2 rings (SSSR count). The van der Waals surface area contributed by atoms with Gasteiger partial charge in [-0.3, -0.25) is 14.5 Å². The van der Waals surface area contributed by atoms with Crippen molar-refractivity contribution in [3.05, 3.63) is 29.8 Å². The van der Waals surface area contributed by atoms with E-state index in [1.165, 1.54) is 6.21 Å². The topological polar surface area (TPSA) is 100 Å². The van der Waals surface area contributed by atoms with Crippen molar-refractivity contribution in [2.45, 2.75) is 25.8 Å². The number of amides is 4. The Morgan fingerprint density at radius 2 is 2.08 bits per heavy atom. The molecule has 0 aliphatic carbocycles. The van der Waals surface area contributed by atoms with Gasteiger partial charge >= 0.3 is 6.03 Å². The zero-order valence-electron chi connectivity index (χ0n) is 13.8. The number of urea groups is 1. The molecule has 4 amide bonds. The van der Waals surface area contributed by atoms with Gasteiger partial charge in [0.2, 0.25) is 5.91 Å². The fraction of sp³-hybridized carbons (Fsp3) is 0.375. The van der Waals surface area contributed by atoms with E-state index in [-0.39, 0.29) is 18.9 Å². The number of para-hydroxylation sites is 1. The molecule has 8 heteroatoms. The summed E-state index contributed by atoms with van der Waals surface area (Å²) < 4.78 is 5.17. The molecule has 2 N–H and O–H groups in total. The number of nitrogens with zero attached hydrogens (tertiary/aromatic N) is 2. The fourth-order valence-electron chi connectivity index (χ4n) is 2.24. The Labute approximate surface area is 139 Å². The number of hydrogen-bond acceptors (Lipinski definition) is 5. The molecule has 1 saturated heterocycles. The number of rotatable bonds is 6. The van der Waals surface area contributed by atoms with E-state index in [0.29, 0.717) is 5.75 Å². The van der Waals surface area contributed by atoms with Gasteiger partial charge < -0.3 is 10.1 Å². The second-order valence-electron chi connectivity index (χ2n) is 5.80. The van der Waals surface area contributed by atoms with Crippen molar-refractivity contribution >= 4 is 24.1 Å². The van der Waals surface area contributed by atoms with Crippen molar-refractivity contribution in [1.82, 2.24) is 15.6 Å². The second kappa shape index (κ2) is 7.12. The number of nitrogens with one attached hydrogen (secondary N) is 2. The summed E-state index contributed by atoms with van der Waals surface area (Å²) in [6.45, 7) is 3.24. The monoisotopic (exact) mass is 332 g/mol. The van der Waals surface area contributed by atoms with E-state index >= 15 is 0 Å². The highest BCUT2D eigenvalue weighted by molar-refractivity contribution is 6.06. The fourth-order valence-corrected chi connectivity index (χ4v) is 2.24. The molecule has 8 nitrogen and oxygen atoms in total. The molecule has 0 atom stereocenters. The minimum atomic E-state index is -0.935. The Kier molecular flexibility index (Phi) is 5.18. The first kappa shape index (κ1) is 17.5. The molecule has 1 aliphatic heterocycles. The molecule has 0 saturated carbocycles. The van der Waals surface area contributed by atoms with E-state index < -0.39 is 17.5 Å². The molecule has 1 aromatic rings. The highest BCUT2D eigenvalue weighted by Crippen LogP contribution is 2.16. The third kappa shape index (κ3) is 3.89. The maximum absolute atomic E-state index is 12.0. The van der Waals surface area contributed by atoms with E-state index in [2.05, 4.69) is 15.8 Å². The van der Waals surface area contributed by atoms with Gasteiger partial charge in [-0.25, -0.2) is 10.2 Å². The van der Waals surface area contributed by atoms with Crippen molar-refractivity contribution in [1.29, 1.82) is 0 Å². The first-order valence-electron chi connectivity index (χ1n) is 7.44. The average Bonchev–Trinajstić information content (AvgIpc) is 2.74. The Balaban J connectivity index is 1.85. The standard InChI is InChI=1S/C16H20N4O4/c1-16(2)14(22)20(15(23)18-16)9-8-13(21)19-17-10-11-6-4-5-7-12(11)24-3/h4-7,10H,8-9H2,1-3H3,(H,18,23)(H,19,21)/b17-10-. The van der Waals surface area contributed by atoms with Crippen LogP contribution in [-0.4, -0.2) is 48.2 Å². The zero-order chi connectivity index (χ0) is 17.7. The number of carbonyl (C=O) groups is 3. The third-order valence-corrected chi connectivity index (χ3v) is 3.54. The molecule has 1 aromatic carbocycles. The number of carbonyl (C=O) groups excluding carboxylic acids is 3. The lowest BCUT2D eigenvalue weighted by molar-refractivity contribution is -0.130. The van der Waals surface area contributed by atoms with Crippen LogP contribution >= 0.6 is 0 Å². The number of benzene rings is 1. The molecule has 0 aromatic heterocycles. The first-order valence-corrected chi connectivity index (χ1v) is 7.44. The second-order valence-corrected chi connectivity index (χ2v) is 5.80. The van der Waals surface area contributed by atoms with E-state index in [0.717, 1.165) is 10.5 Å². The van der Waals surface area contributed by atoms with Crippen molar-refractivity contribution in [2.75, 3.05) is 13.7 Å². The van der Waals surface area contributed by atoms with Crippen LogP contribution in [0.1, 0.15) is 25.8 Å². The van der Waals surface area contributed by atoms with Crippen LogP contribution in [0.15, 0.2) is 29.4 Å². The zero-order valence-corrected chi connectivity index (χ0v) is 13.8. The highest BCUT2D eigenvalue weighted by atomic mass is 16.5. The minimum absolute atomic E-state index is 0.00408. The molecule has 0 radical (unpaired) electrons. The number of ether oxygens (including phenoxy) is 1. The van der Waals surface area contributed by atoms with Crippen molar-refractivity contribution in [3.8, 4) is 5.75 Å². The first-order chi connectivity index (χ1) is 11.3. The van der Waals surface area contributed by atoms with Gasteiger partial charge in [0, 0.05) is 18.5 Å². The summed E-state index contributed by atoms with van der Waals surface area (Å²) in [6, 6.07) is 6.74. The summed E-state index contributed by atoms with van der Waals surface area (Å²) in [4.78, 5) is 36.5. The molecular weight excluding hydrogens is 312 g/mol. The molecular formula is C16H20N4O4. The Hall–Kier alpha value is -2.90. The van der Waals surface area contributed by atoms with E-state index in [1.54, 1.807) is 33.1 Å². The van der Waals surface area contributed by atoms with Crippen LogP contribution in [0.2, 0.25) is 0 Å². The number of imide groups is 1. The maximum Gasteiger partial charge on any atom is 0.325 e. The Bertz CT molecular complexity index is 684. The summed E-state index contributed by atoms with van der Waals surface area (Å²) in [5, 5.41) is 6.41. The quantitative estimate of drug-likeness (QED) is 0.458. The number of methoxy groups -OCH3 is 1. The summed E-state index contributed by atoms with van der Waals surface area (Å²) in [7, 11) is 1.55. The number of hydrazone groups is 1. The van der Waals surface area contributed by atoms with Gasteiger partial charge in [0.25, 0.3) is 5.91 Å². The van der Waals surface area contributed by atoms with Gasteiger partial charge in [-0.15, -0.1) is 0 Å². The van der Waals surface area contributed by atoms with Gasteiger partial charge in [-0.2, -0.15) is 5.10 Å². The molecule has 128 valence electrons.